The molecule has 8 heteroatoms. The summed E-state index contributed by atoms with van der Waals surface area (Å²) in [6.07, 6.45) is -8.11. The Morgan fingerprint density at radius 3 is 1.63 bits per heavy atom. The van der Waals surface area contributed by atoms with Gasteiger partial charge in [-0.1, -0.05) is 24.3 Å². The van der Waals surface area contributed by atoms with E-state index in [2.05, 4.69) is 6.92 Å². The molecule has 3 nitrogen and oxygen atoms in total. The Kier molecular flexibility index (Phi) is 9.26. The molecule has 0 heterocycles. The maximum Gasteiger partial charge on any atom is 0.423 e. The molecule has 2 atom stereocenters. The Morgan fingerprint density at radius 2 is 1.26 bits per heavy atom. The number of ether oxygens (including phenoxy) is 2. The first-order chi connectivity index (χ1) is 12.2. The van der Waals surface area contributed by atoms with Crippen LogP contribution in [0, 0.1) is 6.92 Å². The third-order valence-corrected chi connectivity index (χ3v) is 3.45. The Hall–Kier alpha value is -1.59. The molecule has 0 radical (unpaired) electrons. The molecule has 0 bridgehead atoms. The number of aliphatic hydroxyl groups is 1. The van der Waals surface area contributed by atoms with Crippen molar-refractivity contribution in [3.63, 3.8) is 0 Å². The van der Waals surface area contributed by atoms with Crippen molar-refractivity contribution in [2.24, 2.45) is 0 Å². The normalized spacial score (nSPS) is 13.4. The van der Waals surface area contributed by atoms with Crippen molar-refractivity contribution in [3.05, 3.63) is 66.6 Å². The van der Waals surface area contributed by atoms with E-state index in [0.29, 0.717) is 12.2 Å². The van der Waals surface area contributed by atoms with Crippen LogP contribution in [0.4, 0.5) is 17.6 Å². The Bertz CT molecular complexity index is 673. The molecule has 0 spiro atoms. The summed E-state index contributed by atoms with van der Waals surface area (Å²) in [5, 5.41) is 9.07. The second kappa shape index (κ2) is 10.7. The Labute approximate surface area is 169 Å². The second-order valence-corrected chi connectivity index (χ2v) is 5.75. The minimum absolute atomic E-state index is 0. The number of benzene rings is 2. The fraction of sp³-hybridized carbons (Fsp3) is 0.316. The van der Waals surface area contributed by atoms with Crippen molar-refractivity contribution in [3.8, 4) is 11.5 Å². The van der Waals surface area contributed by atoms with E-state index >= 15 is 0 Å². The molecule has 0 saturated carbocycles. The van der Waals surface area contributed by atoms with Crippen LogP contribution in [0.1, 0.15) is 11.1 Å². The third kappa shape index (κ3) is 8.31. The molecular weight excluding hydrogens is 536 g/mol. The summed E-state index contributed by atoms with van der Waals surface area (Å²) in [7, 11) is 0. The van der Waals surface area contributed by atoms with Crippen molar-refractivity contribution in [2.45, 2.75) is 24.9 Å². The molecule has 0 aliphatic carbocycles. The summed E-state index contributed by atoms with van der Waals surface area (Å²) in [6, 6.07) is 13.7. The van der Waals surface area contributed by atoms with Gasteiger partial charge in [0.15, 0.2) is 0 Å². The van der Waals surface area contributed by atoms with E-state index in [1.165, 1.54) is 12.1 Å². The average molecular weight is 555 g/mol. The SMILES string of the molecule is [CH2-]C(O)COc1ccc(Cc2ccc(OCC(F)C(F)(F)F)cc2)cc1.[W]. The van der Waals surface area contributed by atoms with Crippen molar-refractivity contribution in [2.75, 3.05) is 13.2 Å². The van der Waals surface area contributed by atoms with E-state index in [0.717, 1.165) is 11.1 Å². The molecule has 0 aromatic heterocycles. The molecule has 148 valence electrons. The minimum atomic E-state index is -4.92. The topological polar surface area (TPSA) is 38.7 Å². The van der Waals surface area contributed by atoms with Crippen molar-refractivity contribution >= 4 is 0 Å². The zero-order valence-corrected chi connectivity index (χ0v) is 17.2. The summed E-state index contributed by atoms with van der Waals surface area (Å²) in [5.41, 5.74) is 1.92. The van der Waals surface area contributed by atoms with E-state index in [1.807, 2.05) is 12.1 Å². The van der Waals surface area contributed by atoms with Crippen LogP contribution in [0.25, 0.3) is 0 Å². The number of hydrogen-bond donors (Lipinski definition) is 1. The molecular formula is C19H19F4O3W-. The molecule has 2 unspecified atom stereocenters. The van der Waals surface area contributed by atoms with Gasteiger partial charge >= 0.3 is 6.18 Å². The molecule has 1 N–H and O–H groups in total. The molecule has 0 aliphatic heterocycles. The van der Waals surface area contributed by atoms with E-state index in [4.69, 9.17) is 14.6 Å². The van der Waals surface area contributed by atoms with Crippen LogP contribution in [-0.2, 0) is 27.5 Å². The first kappa shape index (κ1) is 23.4. The van der Waals surface area contributed by atoms with Crippen LogP contribution in [0.5, 0.6) is 11.5 Å². The molecule has 0 amide bonds. The van der Waals surface area contributed by atoms with E-state index in [9.17, 15) is 17.6 Å². The summed E-state index contributed by atoms with van der Waals surface area (Å²) in [5.74, 6) is 0.793. The predicted octanol–water partition coefficient (Wildman–Crippen LogP) is 4.13. The van der Waals surface area contributed by atoms with Gasteiger partial charge in [0, 0.05) is 21.1 Å². The maximum atomic E-state index is 12.8. The molecule has 27 heavy (non-hydrogen) atoms. The summed E-state index contributed by atoms with van der Waals surface area (Å²) >= 11 is 0. The Balaban J connectivity index is 0.00000364. The van der Waals surface area contributed by atoms with Gasteiger partial charge in [0.2, 0.25) is 6.17 Å². The predicted molar refractivity (Wildman–Crippen MR) is 89.0 cm³/mol. The molecule has 2 aromatic carbocycles. The standard InChI is InChI=1S/C19H19F4O3.W/c1-13(24)11-25-16-6-2-14(3-7-16)10-15-4-8-17(9-5-15)26-12-18(20)19(21,22)23;/h2-9,13,18,24H,1,10-12H2;/q-1;. The van der Waals surface area contributed by atoms with Crippen LogP contribution >= 0.6 is 0 Å². The first-order valence-electron chi connectivity index (χ1n) is 7.89. The zero-order valence-electron chi connectivity index (χ0n) is 14.3. The van der Waals surface area contributed by atoms with Gasteiger partial charge in [0.25, 0.3) is 0 Å². The number of halogens is 4. The van der Waals surface area contributed by atoms with Gasteiger partial charge in [-0.2, -0.15) is 13.2 Å². The quantitative estimate of drug-likeness (QED) is 0.394. The molecule has 0 fully saturated rings. The molecule has 0 aliphatic rings. The average Bonchev–Trinajstić information content (AvgIpc) is 2.59. The summed E-state index contributed by atoms with van der Waals surface area (Å²) < 4.78 is 59.2. The van der Waals surface area contributed by atoms with Crippen LogP contribution in [0.2, 0.25) is 0 Å². The second-order valence-electron chi connectivity index (χ2n) is 5.75. The van der Waals surface area contributed by atoms with Gasteiger partial charge < -0.3 is 21.5 Å². The minimum Gasteiger partial charge on any atom is -0.494 e. The molecule has 2 rings (SSSR count). The van der Waals surface area contributed by atoms with Crippen molar-refractivity contribution in [1.29, 1.82) is 0 Å². The van der Waals surface area contributed by atoms with E-state index in [-0.39, 0.29) is 33.4 Å². The number of alkyl halides is 4. The van der Waals surface area contributed by atoms with Gasteiger partial charge in [0.1, 0.15) is 18.1 Å². The van der Waals surface area contributed by atoms with E-state index in [1.54, 1.807) is 24.3 Å². The van der Waals surface area contributed by atoms with Gasteiger partial charge in [-0.3, -0.25) is 0 Å². The van der Waals surface area contributed by atoms with Crippen LogP contribution in [0.15, 0.2) is 48.5 Å². The smallest absolute Gasteiger partial charge is 0.423 e. The van der Waals surface area contributed by atoms with Gasteiger partial charge in [-0.15, -0.1) is 0 Å². The molecule has 0 saturated heterocycles. The van der Waals surface area contributed by atoms with Gasteiger partial charge in [-0.05, 0) is 47.9 Å². The Morgan fingerprint density at radius 1 is 0.852 bits per heavy atom. The van der Waals surface area contributed by atoms with Crippen molar-refractivity contribution in [1.82, 2.24) is 0 Å². The zero-order chi connectivity index (χ0) is 19.2. The van der Waals surface area contributed by atoms with Gasteiger partial charge in [0.05, 0.1) is 6.61 Å². The van der Waals surface area contributed by atoms with Crippen LogP contribution < -0.4 is 9.47 Å². The number of aliphatic hydroxyl groups excluding tert-OH is 1. The number of rotatable bonds is 8. The first-order valence-corrected chi connectivity index (χ1v) is 7.89. The summed E-state index contributed by atoms with van der Waals surface area (Å²) in [6.45, 7) is 2.46. The summed E-state index contributed by atoms with van der Waals surface area (Å²) in [4.78, 5) is 0. The monoisotopic (exact) mass is 555 g/mol. The van der Waals surface area contributed by atoms with Crippen LogP contribution in [-0.4, -0.2) is 36.8 Å². The molecule has 2 aromatic rings. The van der Waals surface area contributed by atoms with Crippen molar-refractivity contribution < 1.29 is 53.2 Å². The van der Waals surface area contributed by atoms with Gasteiger partial charge in [-0.25, -0.2) is 4.39 Å². The fourth-order valence-electron chi connectivity index (χ4n) is 2.10. The van der Waals surface area contributed by atoms with Crippen LogP contribution in [0.3, 0.4) is 0 Å². The van der Waals surface area contributed by atoms with E-state index < -0.39 is 25.1 Å². The maximum absolute atomic E-state index is 12.8. The third-order valence-electron chi connectivity index (χ3n) is 3.45. The largest absolute Gasteiger partial charge is 0.494 e. The number of hydrogen-bond acceptors (Lipinski definition) is 3. The fourth-order valence-corrected chi connectivity index (χ4v) is 2.10.